The summed E-state index contributed by atoms with van der Waals surface area (Å²) in [7, 11) is 4.61. The minimum Gasteiger partial charge on any atom is -0.348 e. The van der Waals surface area contributed by atoms with E-state index in [1.54, 1.807) is 11.3 Å². The number of nitrogens with zero attached hydrogens (tertiary/aromatic N) is 3. The number of aryl methyl sites for hydroxylation is 1. The smallest absolute Gasteiger partial charge is 0.185 e. The third kappa shape index (κ3) is 2.96. The van der Waals surface area contributed by atoms with Crippen LogP contribution in [0.15, 0.2) is 23.6 Å². The van der Waals surface area contributed by atoms with Gasteiger partial charge < -0.3 is 10.6 Å². The van der Waals surface area contributed by atoms with Gasteiger partial charge in [0.15, 0.2) is 5.13 Å². The van der Waals surface area contributed by atoms with Crippen molar-refractivity contribution >= 4 is 22.2 Å². The fourth-order valence-electron chi connectivity index (χ4n) is 3.95. The molecule has 4 nitrogen and oxygen atoms in total. The summed E-state index contributed by atoms with van der Waals surface area (Å²) in [5.41, 5.74) is 11.3. The Balaban J connectivity index is 1.59. The van der Waals surface area contributed by atoms with Crippen molar-refractivity contribution in [3.63, 3.8) is 0 Å². The minimum absolute atomic E-state index is 0.364. The van der Waals surface area contributed by atoms with Gasteiger partial charge in [-0.15, -0.1) is 11.3 Å². The van der Waals surface area contributed by atoms with Crippen molar-refractivity contribution in [3.8, 4) is 11.3 Å². The summed E-state index contributed by atoms with van der Waals surface area (Å²) in [6.07, 6.45) is 4.59. The molecule has 0 unspecified atom stereocenters. The van der Waals surface area contributed by atoms with E-state index in [-0.39, 0.29) is 0 Å². The van der Waals surface area contributed by atoms with Crippen molar-refractivity contribution in [3.05, 3.63) is 29.1 Å². The second-order valence-corrected chi connectivity index (χ2v) is 8.53. The molecule has 0 spiro atoms. The molecule has 0 bridgehead atoms. The van der Waals surface area contributed by atoms with E-state index in [2.05, 4.69) is 42.6 Å². The second kappa shape index (κ2) is 6.14. The van der Waals surface area contributed by atoms with E-state index >= 15 is 0 Å². The Bertz CT molecular complexity index is 729. The van der Waals surface area contributed by atoms with Gasteiger partial charge in [-0.2, -0.15) is 0 Å². The van der Waals surface area contributed by atoms with Crippen LogP contribution in [0.4, 0.5) is 10.8 Å². The molecule has 5 heteroatoms. The lowest BCUT2D eigenvalue weighted by atomic mass is 9.97. The van der Waals surface area contributed by atoms with Crippen LogP contribution in [-0.4, -0.2) is 44.8 Å². The Labute approximate surface area is 148 Å². The zero-order valence-corrected chi connectivity index (χ0v) is 15.5. The van der Waals surface area contributed by atoms with Gasteiger partial charge in [-0.25, -0.2) is 4.98 Å². The molecule has 0 amide bonds. The number of aromatic nitrogens is 1. The van der Waals surface area contributed by atoms with Crippen LogP contribution in [0.1, 0.15) is 24.8 Å². The third-order valence-corrected chi connectivity index (χ3v) is 6.39. The van der Waals surface area contributed by atoms with Crippen LogP contribution >= 0.6 is 11.3 Å². The van der Waals surface area contributed by atoms with E-state index in [1.165, 1.54) is 36.2 Å². The normalized spacial score (nSPS) is 20.9. The van der Waals surface area contributed by atoms with Crippen LogP contribution in [0.25, 0.3) is 11.3 Å². The summed E-state index contributed by atoms with van der Waals surface area (Å²) < 4.78 is 0.992. The molecule has 1 fully saturated rings. The molecule has 1 saturated heterocycles. The Morgan fingerprint density at radius 1 is 1.25 bits per heavy atom. The molecular weight excluding hydrogens is 316 g/mol. The maximum Gasteiger partial charge on any atom is 0.185 e. The van der Waals surface area contributed by atoms with E-state index < -0.39 is 0 Å². The summed E-state index contributed by atoms with van der Waals surface area (Å²) in [6, 6.07) is 7.28. The van der Waals surface area contributed by atoms with Crippen molar-refractivity contribution < 1.29 is 0 Å². The van der Waals surface area contributed by atoms with E-state index in [9.17, 15) is 0 Å². The Morgan fingerprint density at radius 3 is 2.83 bits per heavy atom. The number of piperidine rings is 1. The largest absolute Gasteiger partial charge is 0.348 e. The molecule has 0 aliphatic carbocycles. The van der Waals surface area contributed by atoms with Gasteiger partial charge in [0.1, 0.15) is 5.69 Å². The second-order valence-electron chi connectivity index (χ2n) is 7.70. The first-order chi connectivity index (χ1) is 11.5. The number of rotatable bonds is 2. The Hall–Kier alpha value is -1.43. The lowest BCUT2D eigenvalue weighted by Crippen LogP contribution is -2.44. The molecule has 0 saturated carbocycles. The first-order valence-corrected chi connectivity index (χ1v) is 9.84. The number of benzene rings is 1. The van der Waals surface area contributed by atoms with Crippen LogP contribution in [-0.2, 0) is 6.42 Å². The molecule has 2 N–H and O–H groups in total. The van der Waals surface area contributed by atoms with Gasteiger partial charge in [0.25, 0.3) is 0 Å². The zero-order chi connectivity index (χ0) is 16.7. The summed E-state index contributed by atoms with van der Waals surface area (Å²) in [4.78, 5) is 7.30. The van der Waals surface area contributed by atoms with Crippen LogP contribution in [0, 0.1) is 0 Å². The SMILES string of the molecule is C[N+]1(C)CCCc2cc(-c3csc(N4CCC(N)CC4)n3)ccc21. The summed E-state index contributed by atoms with van der Waals surface area (Å²) in [6.45, 7) is 3.29. The zero-order valence-electron chi connectivity index (χ0n) is 14.7. The van der Waals surface area contributed by atoms with Gasteiger partial charge in [0, 0.05) is 48.1 Å². The maximum absolute atomic E-state index is 6.01. The molecule has 2 aromatic rings. The topological polar surface area (TPSA) is 42.1 Å². The fourth-order valence-corrected chi connectivity index (χ4v) is 4.84. The molecule has 2 aliphatic rings. The molecule has 1 aromatic heterocycles. The summed E-state index contributed by atoms with van der Waals surface area (Å²) in [5, 5.41) is 3.35. The van der Waals surface area contributed by atoms with Gasteiger partial charge >= 0.3 is 0 Å². The van der Waals surface area contributed by atoms with Crippen LogP contribution < -0.4 is 15.1 Å². The molecule has 4 rings (SSSR count). The van der Waals surface area contributed by atoms with Gasteiger partial charge in [0.2, 0.25) is 0 Å². The lowest BCUT2D eigenvalue weighted by Gasteiger charge is -2.35. The number of fused-ring (bicyclic) bond motifs is 1. The average Bonchev–Trinajstić information content (AvgIpc) is 3.05. The van der Waals surface area contributed by atoms with Gasteiger partial charge in [-0.1, -0.05) is 0 Å². The van der Waals surface area contributed by atoms with Crippen molar-refractivity contribution in [2.75, 3.05) is 38.6 Å². The van der Waals surface area contributed by atoms with E-state index in [1.807, 2.05) is 0 Å². The van der Waals surface area contributed by atoms with Crippen LogP contribution in [0.3, 0.4) is 0 Å². The highest BCUT2D eigenvalue weighted by Gasteiger charge is 2.27. The molecule has 128 valence electrons. The predicted octanol–water partition coefficient (Wildman–Crippen LogP) is 3.25. The Kier molecular flexibility index (Phi) is 4.11. The number of hydrogen-bond acceptors (Lipinski definition) is 4. The minimum atomic E-state index is 0.364. The van der Waals surface area contributed by atoms with Crippen LogP contribution in [0.2, 0.25) is 0 Å². The monoisotopic (exact) mass is 343 g/mol. The molecule has 2 aliphatic heterocycles. The molecule has 0 atom stereocenters. The predicted molar refractivity (Wildman–Crippen MR) is 104 cm³/mol. The quantitative estimate of drug-likeness (QED) is 0.851. The average molecular weight is 344 g/mol. The molecule has 3 heterocycles. The molecule has 24 heavy (non-hydrogen) atoms. The summed E-state index contributed by atoms with van der Waals surface area (Å²) in [5.74, 6) is 0. The maximum atomic E-state index is 6.01. The number of hydrogen-bond donors (Lipinski definition) is 1. The summed E-state index contributed by atoms with van der Waals surface area (Å²) >= 11 is 1.76. The Morgan fingerprint density at radius 2 is 2.04 bits per heavy atom. The first kappa shape index (κ1) is 16.1. The van der Waals surface area contributed by atoms with Crippen LogP contribution in [0.5, 0.6) is 0 Å². The van der Waals surface area contributed by atoms with Crippen molar-refractivity contribution in [2.24, 2.45) is 5.73 Å². The number of quaternary nitrogens is 1. The lowest BCUT2D eigenvalue weighted by molar-refractivity contribution is 0.370. The van der Waals surface area contributed by atoms with Crippen molar-refractivity contribution in [1.82, 2.24) is 9.47 Å². The van der Waals surface area contributed by atoms with Crippen molar-refractivity contribution in [1.29, 1.82) is 0 Å². The van der Waals surface area contributed by atoms with E-state index in [0.29, 0.717) is 6.04 Å². The van der Waals surface area contributed by atoms with Gasteiger partial charge in [-0.3, -0.25) is 4.48 Å². The molecule has 0 radical (unpaired) electrons. The van der Waals surface area contributed by atoms with Gasteiger partial charge in [-0.05, 0) is 31.4 Å². The molecule has 1 aromatic carbocycles. The van der Waals surface area contributed by atoms with Crippen molar-refractivity contribution in [2.45, 2.75) is 31.7 Å². The highest BCUT2D eigenvalue weighted by Crippen LogP contribution is 2.35. The highest BCUT2D eigenvalue weighted by molar-refractivity contribution is 7.14. The van der Waals surface area contributed by atoms with Gasteiger partial charge in [0.05, 0.1) is 26.3 Å². The highest BCUT2D eigenvalue weighted by atomic mass is 32.1. The fraction of sp³-hybridized carbons (Fsp3) is 0.526. The number of nitrogens with two attached hydrogens (primary N) is 1. The first-order valence-electron chi connectivity index (χ1n) is 8.96. The van der Waals surface area contributed by atoms with E-state index in [4.69, 9.17) is 10.7 Å². The number of thiazole rings is 1. The molecular formula is C19H27N4S+. The number of anilines is 1. The van der Waals surface area contributed by atoms with E-state index in [0.717, 1.165) is 41.2 Å². The third-order valence-electron chi connectivity index (χ3n) is 5.49. The standard InChI is InChI=1S/C19H27N4S/c1-23(2)11-3-4-15-12-14(5-6-18(15)23)17-13-24-19(21-17)22-9-7-16(20)8-10-22/h5-6,12-13,16H,3-4,7-11,20H2,1-2H3/q+1.